The molecule has 0 aliphatic heterocycles. The van der Waals surface area contributed by atoms with Crippen molar-refractivity contribution >= 4 is 0 Å². The minimum Gasteiger partial charge on any atom is -0.395 e. The minimum atomic E-state index is -0.447. The van der Waals surface area contributed by atoms with Crippen LogP contribution in [0.25, 0.3) is 0 Å². The number of aliphatic hydroxyl groups excluding tert-OH is 1. The highest BCUT2D eigenvalue weighted by Gasteiger charge is 2.02. The van der Waals surface area contributed by atoms with Crippen molar-refractivity contribution in [2.24, 2.45) is 0 Å². The molecule has 0 fully saturated rings. The maximum Gasteiger partial charge on any atom is 0.108 e. The predicted octanol–water partition coefficient (Wildman–Crippen LogP) is -0.626. The molecule has 0 bridgehead atoms. The second kappa shape index (κ2) is 6.03. The number of rotatable bonds is 4. The first kappa shape index (κ1) is 8.90. The fraction of sp³-hybridized carbons (Fsp3) is 0.667. The maximum absolute atomic E-state index is 8.34. The van der Waals surface area contributed by atoms with Crippen LogP contribution in [0.2, 0.25) is 0 Å². The molecular formula is C6H9N3O. The SMILES string of the molecule is N#CCC(C#N)NCCO. The molecule has 0 aromatic rings. The van der Waals surface area contributed by atoms with E-state index in [2.05, 4.69) is 5.32 Å². The highest BCUT2D eigenvalue weighted by Crippen LogP contribution is 1.85. The number of hydrogen-bond donors (Lipinski definition) is 2. The molecule has 0 saturated carbocycles. The second-order valence-corrected chi connectivity index (χ2v) is 1.72. The monoisotopic (exact) mass is 139 g/mol. The van der Waals surface area contributed by atoms with Crippen molar-refractivity contribution in [3.8, 4) is 12.1 Å². The van der Waals surface area contributed by atoms with E-state index in [1.165, 1.54) is 0 Å². The lowest BCUT2D eigenvalue weighted by Crippen LogP contribution is -2.29. The van der Waals surface area contributed by atoms with Crippen molar-refractivity contribution in [3.63, 3.8) is 0 Å². The fourth-order valence-corrected chi connectivity index (χ4v) is 0.494. The molecule has 10 heavy (non-hydrogen) atoms. The van der Waals surface area contributed by atoms with E-state index in [1.807, 2.05) is 12.1 Å². The van der Waals surface area contributed by atoms with E-state index in [0.717, 1.165) is 0 Å². The van der Waals surface area contributed by atoms with Gasteiger partial charge in [-0.05, 0) is 0 Å². The van der Waals surface area contributed by atoms with E-state index in [0.29, 0.717) is 6.54 Å². The normalized spacial score (nSPS) is 11.5. The predicted molar refractivity (Wildman–Crippen MR) is 34.7 cm³/mol. The van der Waals surface area contributed by atoms with Crippen LogP contribution in [0.1, 0.15) is 6.42 Å². The molecule has 1 atom stereocenters. The summed E-state index contributed by atoms with van der Waals surface area (Å²) in [5, 5.41) is 27.5. The highest BCUT2D eigenvalue weighted by molar-refractivity contribution is 4.95. The Kier molecular flexibility index (Phi) is 5.36. The molecular weight excluding hydrogens is 130 g/mol. The lowest BCUT2D eigenvalue weighted by molar-refractivity contribution is 0.289. The molecule has 0 amide bonds. The Morgan fingerprint density at radius 3 is 2.60 bits per heavy atom. The zero-order valence-electron chi connectivity index (χ0n) is 5.54. The third-order valence-corrected chi connectivity index (χ3v) is 0.954. The number of nitrogens with zero attached hydrogens (tertiary/aromatic N) is 2. The van der Waals surface area contributed by atoms with Gasteiger partial charge in [-0.15, -0.1) is 0 Å². The Morgan fingerprint density at radius 2 is 2.20 bits per heavy atom. The van der Waals surface area contributed by atoms with Crippen molar-refractivity contribution in [2.75, 3.05) is 13.2 Å². The first-order chi connectivity index (χ1) is 4.85. The lowest BCUT2D eigenvalue weighted by atomic mass is 10.2. The van der Waals surface area contributed by atoms with Crippen molar-refractivity contribution in [2.45, 2.75) is 12.5 Å². The van der Waals surface area contributed by atoms with Crippen LogP contribution in [0, 0.1) is 22.7 Å². The van der Waals surface area contributed by atoms with Crippen LogP contribution >= 0.6 is 0 Å². The van der Waals surface area contributed by atoms with Gasteiger partial charge in [-0.2, -0.15) is 10.5 Å². The minimum absolute atomic E-state index is 0.0103. The van der Waals surface area contributed by atoms with E-state index in [4.69, 9.17) is 15.6 Å². The summed E-state index contributed by atoms with van der Waals surface area (Å²) in [5.74, 6) is 0. The molecule has 0 spiro atoms. The molecule has 0 heterocycles. The van der Waals surface area contributed by atoms with Gasteiger partial charge in [0.15, 0.2) is 0 Å². The first-order valence-corrected chi connectivity index (χ1v) is 2.96. The summed E-state index contributed by atoms with van der Waals surface area (Å²) >= 11 is 0. The van der Waals surface area contributed by atoms with Gasteiger partial charge in [0.25, 0.3) is 0 Å². The number of nitrogens with one attached hydrogen (secondary N) is 1. The third kappa shape index (κ3) is 3.85. The number of hydrogen-bond acceptors (Lipinski definition) is 4. The summed E-state index contributed by atoms with van der Waals surface area (Å²) < 4.78 is 0. The van der Waals surface area contributed by atoms with Gasteiger partial charge in [-0.3, -0.25) is 5.32 Å². The molecule has 0 radical (unpaired) electrons. The largest absolute Gasteiger partial charge is 0.395 e. The summed E-state index contributed by atoms with van der Waals surface area (Å²) in [6.45, 7) is 0.351. The molecule has 4 heteroatoms. The van der Waals surface area contributed by atoms with Crippen molar-refractivity contribution in [1.82, 2.24) is 5.32 Å². The van der Waals surface area contributed by atoms with E-state index in [-0.39, 0.29) is 13.0 Å². The molecule has 0 aromatic carbocycles. The lowest BCUT2D eigenvalue weighted by Gasteiger charge is -2.03. The van der Waals surface area contributed by atoms with E-state index in [1.54, 1.807) is 0 Å². The van der Waals surface area contributed by atoms with Crippen LogP contribution in [0.3, 0.4) is 0 Å². The van der Waals surface area contributed by atoms with Gasteiger partial charge >= 0.3 is 0 Å². The first-order valence-electron chi connectivity index (χ1n) is 2.96. The molecule has 0 saturated heterocycles. The van der Waals surface area contributed by atoms with E-state index < -0.39 is 6.04 Å². The maximum atomic E-state index is 8.34. The Hall–Kier alpha value is -1.10. The Morgan fingerprint density at radius 1 is 1.50 bits per heavy atom. The zero-order chi connectivity index (χ0) is 7.82. The Balaban J connectivity index is 3.45. The van der Waals surface area contributed by atoms with Crippen LogP contribution in [0.15, 0.2) is 0 Å². The summed E-state index contributed by atoms with van der Waals surface area (Å²) in [7, 11) is 0. The van der Waals surface area contributed by atoms with E-state index in [9.17, 15) is 0 Å². The molecule has 1 unspecified atom stereocenters. The van der Waals surface area contributed by atoms with Crippen LogP contribution in [-0.4, -0.2) is 24.3 Å². The Labute approximate surface area is 59.7 Å². The van der Waals surface area contributed by atoms with Crippen molar-refractivity contribution < 1.29 is 5.11 Å². The summed E-state index contributed by atoms with van der Waals surface area (Å²) in [6.07, 6.45) is 0.163. The van der Waals surface area contributed by atoms with Crippen LogP contribution in [0.4, 0.5) is 0 Å². The van der Waals surface area contributed by atoms with E-state index >= 15 is 0 Å². The van der Waals surface area contributed by atoms with Crippen molar-refractivity contribution in [1.29, 1.82) is 10.5 Å². The van der Waals surface area contributed by atoms with Gasteiger partial charge in [0.1, 0.15) is 6.04 Å². The average Bonchev–Trinajstić information content (AvgIpc) is 1.98. The van der Waals surface area contributed by atoms with Crippen LogP contribution in [0.5, 0.6) is 0 Å². The van der Waals surface area contributed by atoms with Gasteiger partial charge in [0.05, 0.1) is 25.2 Å². The molecule has 54 valence electrons. The van der Waals surface area contributed by atoms with Gasteiger partial charge in [-0.25, -0.2) is 0 Å². The molecule has 0 rings (SSSR count). The van der Waals surface area contributed by atoms with Gasteiger partial charge in [-0.1, -0.05) is 0 Å². The molecule has 0 aliphatic rings. The molecule has 0 aliphatic carbocycles. The fourth-order valence-electron chi connectivity index (χ4n) is 0.494. The summed E-state index contributed by atoms with van der Waals surface area (Å²) in [5.41, 5.74) is 0. The number of nitriles is 2. The zero-order valence-corrected chi connectivity index (χ0v) is 5.54. The van der Waals surface area contributed by atoms with Crippen LogP contribution in [-0.2, 0) is 0 Å². The molecule has 0 aromatic heterocycles. The van der Waals surface area contributed by atoms with Crippen LogP contribution < -0.4 is 5.32 Å². The number of aliphatic hydroxyl groups is 1. The smallest absolute Gasteiger partial charge is 0.108 e. The average molecular weight is 139 g/mol. The standard InChI is InChI=1S/C6H9N3O/c7-2-1-6(5-8)9-3-4-10/h6,9-10H,1,3-4H2. The Bertz CT molecular complexity index is 155. The second-order valence-electron chi connectivity index (χ2n) is 1.72. The summed E-state index contributed by atoms with van der Waals surface area (Å²) in [6, 6.07) is 3.31. The van der Waals surface area contributed by atoms with Gasteiger partial charge in [0.2, 0.25) is 0 Å². The van der Waals surface area contributed by atoms with Gasteiger partial charge in [0, 0.05) is 6.54 Å². The molecule has 2 N–H and O–H groups in total. The van der Waals surface area contributed by atoms with Gasteiger partial charge < -0.3 is 5.11 Å². The summed E-state index contributed by atoms with van der Waals surface area (Å²) in [4.78, 5) is 0. The quantitative estimate of drug-likeness (QED) is 0.543. The topological polar surface area (TPSA) is 79.8 Å². The van der Waals surface area contributed by atoms with Crippen molar-refractivity contribution in [3.05, 3.63) is 0 Å². The third-order valence-electron chi connectivity index (χ3n) is 0.954. The molecule has 4 nitrogen and oxygen atoms in total. The highest BCUT2D eigenvalue weighted by atomic mass is 16.3.